The highest BCUT2D eigenvalue weighted by atomic mass is 16.6. The van der Waals surface area contributed by atoms with Gasteiger partial charge in [-0.2, -0.15) is 5.10 Å². The maximum absolute atomic E-state index is 12.3. The number of nitrogens with one attached hydrogen (secondary N) is 2. The summed E-state index contributed by atoms with van der Waals surface area (Å²) in [7, 11) is 0. The first kappa shape index (κ1) is 23.8. The van der Waals surface area contributed by atoms with Gasteiger partial charge in [0.25, 0.3) is 11.6 Å². The van der Waals surface area contributed by atoms with E-state index in [2.05, 4.69) is 15.8 Å². The Bertz CT molecular complexity index is 1230. The van der Waals surface area contributed by atoms with Crippen molar-refractivity contribution in [1.29, 1.82) is 0 Å². The fraction of sp³-hybridized carbons (Fsp3) is 0.0833. The summed E-state index contributed by atoms with van der Waals surface area (Å²) in [5.41, 5.74) is 3.23. The molecule has 0 saturated carbocycles. The highest BCUT2D eigenvalue weighted by Gasteiger charge is 2.13. The van der Waals surface area contributed by atoms with Crippen LogP contribution in [0.1, 0.15) is 32.7 Å². The second-order valence-corrected chi connectivity index (χ2v) is 6.93. The Morgan fingerprint density at radius 2 is 1.68 bits per heavy atom. The third-order valence-electron chi connectivity index (χ3n) is 4.44. The number of hydrogen-bond donors (Lipinski definition) is 2. The lowest BCUT2D eigenvalue weighted by Gasteiger charge is -2.05. The van der Waals surface area contributed by atoms with Crippen LogP contribution >= 0.6 is 0 Å². The Morgan fingerprint density at radius 1 is 0.941 bits per heavy atom. The first-order valence-electron chi connectivity index (χ1n) is 10.1. The van der Waals surface area contributed by atoms with Gasteiger partial charge in [-0.1, -0.05) is 36.4 Å². The van der Waals surface area contributed by atoms with Crippen molar-refractivity contribution in [3.63, 3.8) is 0 Å². The van der Waals surface area contributed by atoms with E-state index in [4.69, 9.17) is 4.74 Å². The third-order valence-corrected chi connectivity index (χ3v) is 4.44. The second kappa shape index (κ2) is 11.7. The Balaban J connectivity index is 1.48. The molecular weight excluding hydrogens is 440 g/mol. The predicted octanol–water partition coefficient (Wildman–Crippen LogP) is 3.08. The van der Waals surface area contributed by atoms with Crippen LogP contribution in [0, 0.1) is 10.1 Å². The molecule has 0 bridgehead atoms. The quantitative estimate of drug-likeness (QED) is 0.165. The van der Waals surface area contributed by atoms with Crippen molar-refractivity contribution >= 4 is 29.7 Å². The number of ether oxygens (including phenoxy) is 1. The maximum atomic E-state index is 12.3. The average Bonchev–Trinajstić information content (AvgIpc) is 2.85. The number of hydrazone groups is 1. The number of hydrogen-bond acceptors (Lipinski definition) is 7. The van der Waals surface area contributed by atoms with Gasteiger partial charge in [-0.05, 0) is 35.9 Å². The molecule has 10 nitrogen and oxygen atoms in total. The minimum absolute atomic E-state index is 0.0385. The molecule has 0 aliphatic heterocycles. The number of carbonyl (C=O) groups excluding carboxylic acids is 3. The minimum atomic E-state index is -0.747. The number of esters is 1. The van der Waals surface area contributed by atoms with Gasteiger partial charge in [-0.3, -0.25) is 19.7 Å². The van der Waals surface area contributed by atoms with E-state index in [9.17, 15) is 24.5 Å². The zero-order valence-electron chi connectivity index (χ0n) is 17.8. The summed E-state index contributed by atoms with van der Waals surface area (Å²) in [6.45, 7) is 0.151. The van der Waals surface area contributed by atoms with Crippen molar-refractivity contribution in [2.75, 3.05) is 6.54 Å². The topological polar surface area (TPSA) is 140 Å². The van der Waals surface area contributed by atoms with Crippen LogP contribution < -0.4 is 15.5 Å². The van der Waals surface area contributed by atoms with Crippen molar-refractivity contribution in [2.45, 2.75) is 6.42 Å². The van der Waals surface area contributed by atoms with Gasteiger partial charge in [0.1, 0.15) is 5.75 Å². The van der Waals surface area contributed by atoms with Gasteiger partial charge in [0.15, 0.2) is 0 Å². The van der Waals surface area contributed by atoms with E-state index < -0.39 is 16.8 Å². The Kier molecular flexibility index (Phi) is 8.17. The molecular formula is C24H20N4O6. The normalized spacial score (nSPS) is 10.5. The summed E-state index contributed by atoms with van der Waals surface area (Å²) in [5, 5.41) is 17.4. The molecule has 0 heterocycles. The van der Waals surface area contributed by atoms with Crippen LogP contribution in [-0.4, -0.2) is 35.5 Å². The molecule has 0 spiro atoms. The van der Waals surface area contributed by atoms with E-state index in [1.54, 1.807) is 48.5 Å². The number of nitro benzene ring substituents is 1. The molecule has 3 aromatic rings. The SMILES string of the molecule is O=C(CCNC(=O)c1ccccc1)NN=Cc1cccc(OC(=O)c2cccc([N+](=O)[O-])c2)c1. The van der Waals surface area contributed by atoms with E-state index in [0.717, 1.165) is 6.07 Å². The van der Waals surface area contributed by atoms with Crippen molar-refractivity contribution < 1.29 is 24.0 Å². The zero-order valence-corrected chi connectivity index (χ0v) is 17.8. The standard InChI is InChI=1S/C24H20N4O6/c29-22(12-13-25-23(30)18-7-2-1-3-8-18)27-26-16-17-6-4-11-21(14-17)34-24(31)19-9-5-10-20(15-19)28(32)33/h1-11,14-16H,12-13H2,(H,25,30)(H,27,29). The molecule has 0 fully saturated rings. The van der Waals surface area contributed by atoms with E-state index in [1.165, 1.54) is 30.5 Å². The van der Waals surface area contributed by atoms with Crippen LogP contribution in [0.5, 0.6) is 5.75 Å². The molecule has 0 atom stereocenters. The number of carbonyl (C=O) groups is 3. The average molecular weight is 460 g/mol. The van der Waals surface area contributed by atoms with Crippen LogP contribution in [0.15, 0.2) is 84.0 Å². The fourth-order valence-electron chi connectivity index (χ4n) is 2.79. The number of non-ortho nitro benzene ring substituents is 1. The van der Waals surface area contributed by atoms with Crippen molar-refractivity contribution in [2.24, 2.45) is 5.10 Å². The number of benzene rings is 3. The highest BCUT2D eigenvalue weighted by Crippen LogP contribution is 2.17. The minimum Gasteiger partial charge on any atom is -0.423 e. The van der Waals surface area contributed by atoms with Crippen LogP contribution in [0.4, 0.5) is 5.69 Å². The van der Waals surface area contributed by atoms with Crippen molar-refractivity contribution in [3.8, 4) is 5.75 Å². The number of amides is 2. The predicted molar refractivity (Wildman–Crippen MR) is 124 cm³/mol. The van der Waals surface area contributed by atoms with Gasteiger partial charge in [0, 0.05) is 30.7 Å². The van der Waals surface area contributed by atoms with E-state index in [-0.39, 0.29) is 35.9 Å². The molecule has 10 heteroatoms. The monoisotopic (exact) mass is 460 g/mol. The lowest BCUT2D eigenvalue weighted by Crippen LogP contribution is -2.28. The van der Waals surface area contributed by atoms with Crippen LogP contribution in [-0.2, 0) is 4.79 Å². The maximum Gasteiger partial charge on any atom is 0.343 e. The second-order valence-electron chi connectivity index (χ2n) is 6.93. The smallest absolute Gasteiger partial charge is 0.343 e. The lowest BCUT2D eigenvalue weighted by atomic mass is 10.2. The van der Waals surface area contributed by atoms with Crippen molar-refractivity contribution in [1.82, 2.24) is 10.7 Å². The largest absolute Gasteiger partial charge is 0.423 e. The highest BCUT2D eigenvalue weighted by molar-refractivity contribution is 5.94. The van der Waals surface area contributed by atoms with Gasteiger partial charge in [-0.15, -0.1) is 0 Å². The van der Waals surface area contributed by atoms with Crippen LogP contribution in [0.2, 0.25) is 0 Å². The molecule has 2 amide bonds. The first-order chi connectivity index (χ1) is 16.4. The van der Waals surface area contributed by atoms with Crippen molar-refractivity contribution in [3.05, 3.63) is 106 Å². The Morgan fingerprint density at radius 3 is 2.44 bits per heavy atom. The summed E-state index contributed by atoms with van der Waals surface area (Å²) < 4.78 is 5.26. The van der Waals surface area contributed by atoms with Gasteiger partial charge >= 0.3 is 5.97 Å². The lowest BCUT2D eigenvalue weighted by molar-refractivity contribution is -0.384. The van der Waals surface area contributed by atoms with Gasteiger partial charge in [0.05, 0.1) is 16.7 Å². The molecule has 0 aromatic heterocycles. The van der Waals surface area contributed by atoms with E-state index in [0.29, 0.717) is 11.1 Å². The molecule has 0 saturated heterocycles. The third kappa shape index (κ3) is 7.09. The summed E-state index contributed by atoms with van der Waals surface area (Å²) >= 11 is 0. The number of nitrogens with zero attached hydrogens (tertiary/aromatic N) is 2. The molecule has 2 N–H and O–H groups in total. The van der Waals surface area contributed by atoms with E-state index >= 15 is 0 Å². The Hall–Kier alpha value is -4.86. The molecule has 0 unspecified atom stereocenters. The zero-order chi connectivity index (χ0) is 24.3. The molecule has 3 aromatic carbocycles. The molecule has 172 valence electrons. The van der Waals surface area contributed by atoms with E-state index in [1.807, 2.05) is 0 Å². The van der Waals surface area contributed by atoms with Gasteiger partial charge < -0.3 is 10.1 Å². The Labute approximate surface area is 194 Å². The molecule has 0 aliphatic carbocycles. The summed E-state index contributed by atoms with van der Waals surface area (Å²) in [6, 6.07) is 20.2. The molecule has 3 rings (SSSR count). The molecule has 0 aliphatic rings. The number of nitro groups is 1. The van der Waals surface area contributed by atoms with Crippen LogP contribution in [0.25, 0.3) is 0 Å². The molecule has 0 radical (unpaired) electrons. The molecule has 34 heavy (non-hydrogen) atoms. The number of rotatable bonds is 9. The van der Waals surface area contributed by atoms with Gasteiger partial charge in [0.2, 0.25) is 5.91 Å². The van der Waals surface area contributed by atoms with Crippen LogP contribution in [0.3, 0.4) is 0 Å². The summed E-state index contributed by atoms with van der Waals surface area (Å²) in [6.07, 6.45) is 1.40. The fourth-order valence-corrected chi connectivity index (χ4v) is 2.79. The summed E-state index contributed by atoms with van der Waals surface area (Å²) in [4.78, 5) is 46.4. The first-order valence-corrected chi connectivity index (χ1v) is 10.1. The van der Waals surface area contributed by atoms with Gasteiger partial charge in [-0.25, -0.2) is 10.2 Å². The summed E-state index contributed by atoms with van der Waals surface area (Å²) in [5.74, 6) is -1.20.